The van der Waals surface area contributed by atoms with Gasteiger partial charge < -0.3 is 20.4 Å². The summed E-state index contributed by atoms with van der Waals surface area (Å²) in [6.45, 7) is 0.182. The van der Waals surface area contributed by atoms with Gasteiger partial charge in [0, 0.05) is 25.5 Å². The van der Waals surface area contributed by atoms with Crippen molar-refractivity contribution in [2.75, 3.05) is 41.1 Å². The van der Waals surface area contributed by atoms with Crippen LogP contribution in [0.3, 0.4) is 0 Å². The van der Waals surface area contributed by atoms with Gasteiger partial charge in [0.2, 0.25) is 0 Å². The van der Waals surface area contributed by atoms with Crippen LogP contribution in [0.25, 0.3) is 0 Å². The number of benzene rings is 2. The molecule has 0 fully saturated rings. The van der Waals surface area contributed by atoms with E-state index in [2.05, 4.69) is 10.6 Å². The van der Waals surface area contributed by atoms with Crippen LogP contribution < -0.4 is 20.4 Å². The normalized spacial score (nSPS) is 15.0. The van der Waals surface area contributed by atoms with Crippen molar-refractivity contribution in [3.8, 4) is 0 Å². The lowest BCUT2D eigenvalue weighted by Gasteiger charge is -2.13. The number of rotatable bonds is 3. The SMILES string of the molecule is CN(C)c1ccc(NC(=O)C2=C3Nc4ccccc4N3CC2=O)cc1. The van der Waals surface area contributed by atoms with Crippen molar-refractivity contribution in [1.29, 1.82) is 0 Å². The summed E-state index contributed by atoms with van der Waals surface area (Å²) < 4.78 is 0. The maximum absolute atomic E-state index is 12.7. The van der Waals surface area contributed by atoms with Crippen LogP contribution in [0.5, 0.6) is 0 Å². The number of anilines is 4. The molecule has 126 valence electrons. The maximum atomic E-state index is 12.7. The molecule has 2 aliphatic heterocycles. The van der Waals surface area contributed by atoms with Gasteiger partial charge in [0.1, 0.15) is 11.4 Å². The molecule has 2 N–H and O–H groups in total. The second-order valence-electron chi connectivity index (χ2n) is 6.27. The van der Waals surface area contributed by atoms with E-state index in [9.17, 15) is 9.59 Å². The molecule has 2 aromatic rings. The van der Waals surface area contributed by atoms with E-state index in [1.54, 1.807) is 0 Å². The van der Waals surface area contributed by atoms with Crippen LogP contribution in [0.2, 0.25) is 0 Å². The molecule has 6 nitrogen and oxygen atoms in total. The summed E-state index contributed by atoms with van der Waals surface area (Å²) in [5, 5.41) is 6.00. The molecule has 2 heterocycles. The smallest absolute Gasteiger partial charge is 0.263 e. The van der Waals surface area contributed by atoms with E-state index in [0.29, 0.717) is 11.5 Å². The number of amides is 1. The van der Waals surface area contributed by atoms with E-state index in [0.717, 1.165) is 17.1 Å². The highest BCUT2D eigenvalue weighted by molar-refractivity contribution is 6.28. The largest absolute Gasteiger partial charge is 0.378 e. The number of carbonyl (C=O) groups is 2. The Morgan fingerprint density at radius 1 is 1.12 bits per heavy atom. The molecule has 4 rings (SSSR count). The predicted octanol–water partition coefficient (Wildman–Crippen LogP) is 2.42. The summed E-state index contributed by atoms with van der Waals surface area (Å²) >= 11 is 0. The van der Waals surface area contributed by atoms with Gasteiger partial charge in [0.05, 0.1) is 17.9 Å². The third kappa shape index (κ3) is 2.52. The quantitative estimate of drug-likeness (QED) is 0.844. The third-order valence-corrected chi connectivity index (χ3v) is 4.40. The zero-order valence-corrected chi connectivity index (χ0v) is 14.0. The van der Waals surface area contributed by atoms with Crippen LogP contribution in [0, 0.1) is 0 Å². The summed E-state index contributed by atoms with van der Waals surface area (Å²) in [7, 11) is 3.91. The number of carbonyl (C=O) groups excluding carboxylic acids is 2. The Morgan fingerprint density at radius 3 is 2.56 bits per heavy atom. The molecule has 25 heavy (non-hydrogen) atoms. The summed E-state index contributed by atoms with van der Waals surface area (Å²) in [6, 6.07) is 15.2. The zero-order chi connectivity index (χ0) is 17.6. The lowest BCUT2D eigenvalue weighted by molar-refractivity contribution is -0.118. The second-order valence-corrected chi connectivity index (χ2v) is 6.27. The summed E-state index contributed by atoms with van der Waals surface area (Å²) in [5.74, 6) is -0.00608. The first kappa shape index (κ1) is 15.3. The van der Waals surface area contributed by atoms with Crippen LogP contribution in [-0.2, 0) is 9.59 Å². The topological polar surface area (TPSA) is 64.7 Å². The average Bonchev–Trinajstić information content (AvgIpc) is 3.09. The van der Waals surface area contributed by atoms with Gasteiger partial charge in [0.25, 0.3) is 5.91 Å². The Hall–Kier alpha value is -3.28. The Bertz CT molecular complexity index is 900. The molecule has 2 aliphatic rings. The van der Waals surface area contributed by atoms with Gasteiger partial charge in [-0.25, -0.2) is 0 Å². The standard InChI is InChI=1S/C19H18N4O2/c1-22(2)13-9-7-12(8-10-13)20-19(25)17-16(24)11-23-15-6-4-3-5-14(15)21-18(17)23/h3-10,21H,11H2,1-2H3,(H,20,25). The molecular weight excluding hydrogens is 316 g/mol. The van der Waals surface area contributed by atoms with Crippen LogP contribution in [0.4, 0.5) is 22.7 Å². The molecule has 0 atom stereocenters. The summed E-state index contributed by atoms with van der Waals surface area (Å²) in [5.41, 5.74) is 3.70. The third-order valence-electron chi connectivity index (χ3n) is 4.40. The fraction of sp³-hybridized carbons (Fsp3) is 0.158. The molecule has 0 spiro atoms. The van der Waals surface area contributed by atoms with E-state index in [4.69, 9.17) is 0 Å². The number of para-hydroxylation sites is 2. The minimum atomic E-state index is -0.389. The van der Waals surface area contributed by atoms with E-state index in [1.165, 1.54) is 0 Å². The van der Waals surface area contributed by atoms with Crippen LogP contribution in [0.1, 0.15) is 0 Å². The number of nitrogens with zero attached hydrogens (tertiary/aromatic N) is 2. The van der Waals surface area contributed by atoms with Crippen LogP contribution >= 0.6 is 0 Å². The molecule has 1 amide bonds. The van der Waals surface area contributed by atoms with Crippen LogP contribution in [0.15, 0.2) is 59.9 Å². The average molecular weight is 334 g/mol. The molecule has 6 heteroatoms. The van der Waals surface area contributed by atoms with Crippen molar-refractivity contribution < 1.29 is 9.59 Å². The number of fused-ring (bicyclic) bond motifs is 3. The zero-order valence-electron chi connectivity index (χ0n) is 14.0. The minimum Gasteiger partial charge on any atom is -0.378 e. The van der Waals surface area contributed by atoms with Gasteiger partial charge in [-0.05, 0) is 36.4 Å². The molecular formula is C19H18N4O2. The molecule has 0 saturated carbocycles. The number of ketones is 1. The van der Waals surface area contributed by atoms with E-state index in [1.807, 2.05) is 72.4 Å². The van der Waals surface area contributed by atoms with Gasteiger partial charge in [0.15, 0.2) is 5.78 Å². The number of nitrogens with one attached hydrogen (secondary N) is 2. The fourth-order valence-electron chi connectivity index (χ4n) is 3.12. The first-order chi connectivity index (χ1) is 12.0. The summed E-state index contributed by atoms with van der Waals surface area (Å²) in [4.78, 5) is 28.9. The first-order valence-electron chi connectivity index (χ1n) is 8.04. The number of hydrogen-bond acceptors (Lipinski definition) is 5. The Labute approximate surface area is 145 Å². The van der Waals surface area contributed by atoms with Crippen molar-refractivity contribution in [2.45, 2.75) is 0 Å². The van der Waals surface area contributed by atoms with Crippen LogP contribution in [-0.4, -0.2) is 32.3 Å². The van der Waals surface area contributed by atoms with Gasteiger partial charge >= 0.3 is 0 Å². The molecule has 0 unspecified atom stereocenters. The maximum Gasteiger partial charge on any atom is 0.263 e. The van der Waals surface area contributed by atoms with Crippen molar-refractivity contribution in [1.82, 2.24) is 0 Å². The van der Waals surface area contributed by atoms with E-state index >= 15 is 0 Å². The Morgan fingerprint density at radius 2 is 1.84 bits per heavy atom. The predicted molar refractivity (Wildman–Crippen MR) is 98.8 cm³/mol. The van der Waals surface area contributed by atoms with Gasteiger partial charge in [-0.3, -0.25) is 9.59 Å². The summed E-state index contributed by atoms with van der Waals surface area (Å²) in [6.07, 6.45) is 0. The molecule has 0 bridgehead atoms. The second kappa shape index (κ2) is 5.66. The first-order valence-corrected chi connectivity index (χ1v) is 8.04. The number of hydrogen-bond donors (Lipinski definition) is 2. The van der Waals surface area contributed by atoms with Crippen molar-refractivity contribution in [3.05, 3.63) is 59.9 Å². The number of Topliss-reactive ketones (excluding diaryl/α,β-unsaturated/α-hetero) is 1. The lowest BCUT2D eigenvalue weighted by Crippen LogP contribution is -2.21. The highest BCUT2D eigenvalue weighted by Crippen LogP contribution is 2.40. The van der Waals surface area contributed by atoms with Crippen molar-refractivity contribution in [3.63, 3.8) is 0 Å². The molecule has 2 aromatic carbocycles. The van der Waals surface area contributed by atoms with Gasteiger partial charge in [-0.1, -0.05) is 12.1 Å². The van der Waals surface area contributed by atoms with Gasteiger partial charge in [-0.15, -0.1) is 0 Å². The molecule has 0 aliphatic carbocycles. The van der Waals surface area contributed by atoms with Gasteiger partial charge in [-0.2, -0.15) is 0 Å². The van der Waals surface area contributed by atoms with E-state index < -0.39 is 0 Å². The Balaban J connectivity index is 1.60. The molecule has 0 aromatic heterocycles. The van der Waals surface area contributed by atoms with Crippen molar-refractivity contribution in [2.24, 2.45) is 0 Å². The highest BCUT2D eigenvalue weighted by Gasteiger charge is 2.39. The molecule has 0 radical (unpaired) electrons. The van der Waals surface area contributed by atoms with Crippen molar-refractivity contribution >= 4 is 34.4 Å². The lowest BCUT2D eigenvalue weighted by atomic mass is 10.1. The minimum absolute atomic E-state index is 0.174. The highest BCUT2D eigenvalue weighted by atomic mass is 16.2. The fourth-order valence-corrected chi connectivity index (χ4v) is 3.12. The Kier molecular flexibility index (Phi) is 3.46. The molecule has 0 saturated heterocycles. The van der Waals surface area contributed by atoms with E-state index in [-0.39, 0.29) is 23.8 Å². The monoisotopic (exact) mass is 334 g/mol.